The van der Waals surface area contributed by atoms with Gasteiger partial charge >= 0.3 is 11.9 Å². The molecule has 0 amide bonds. The van der Waals surface area contributed by atoms with E-state index in [0.29, 0.717) is 12.8 Å². The van der Waals surface area contributed by atoms with Crippen LogP contribution in [0.3, 0.4) is 0 Å². The summed E-state index contributed by atoms with van der Waals surface area (Å²) in [6, 6.07) is 0. The molecule has 0 rings (SSSR count). The third-order valence-electron chi connectivity index (χ3n) is 5.20. The van der Waals surface area contributed by atoms with E-state index in [1.807, 2.05) is 0 Å². The van der Waals surface area contributed by atoms with E-state index >= 15 is 0 Å². The summed E-state index contributed by atoms with van der Waals surface area (Å²) >= 11 is 0. The van der Waals surface area contributed by atoms with E-state index in [1.54, 1.807) is 0 Å². The molecular formula is C24H46NaO4. The van der Waals surface area contributed by atoms with Crippen LogP contribution in [0.1, 0.15) is 142 Å². The first-order chi connectivity index (χ1) is 13.7. The SMILES string of the molecule is CCCCCCCCCCCC(=O)OOC(=O)CCCCCCCCCCC.[Na]. The van der Waals surface area contributed by atoms with Gasteiger partial charge in [0, 0.05) is 29.6 Å². The van der Waals surface area contributed by atoms with Crippen molar-refractivity contribution in [2.75, 3.05) is 0 Å². The molecule has 0 aromatic heterocycles. The summed E-state index contributed by atoms with van der Waals surface area (Å²) in [6.45, 7) is 4.46. The minimum Gasteiger partial charge on any atom is -0.247 e. The van der Waals surface area contributed by atoms with Crippen LogP contribution in [0.5, 0.6) is 0 Å². The molecule has 0 N–H and O–H groups in total. The summed E-state index contributed by atoms with van der Waals surface area (Å²) in [5, 5.41) is 0. The molecule has 0 atom stereocenters. The fraction of sp³-hybridized carbons (Fsp3) is 0.917. The van der Waals surface area contributed by atoms with Gasteiger partial charge in [-0.05, 0) is 12.8 Å². The van der Waals surface area contributed by atoms with Gasteiger partial charge in [-0.15, -0.1) is 0 Å². The van der Waals surface area contributed by atoms with Crippen molar-refractivity contribution >= 4 is 41.5 Å². The van der Waals surface area contributed by atoms with E-state index in [1.165, 1.54) is 77.0 Å². The largest absolute Gasteiger partial charge is 0.355 e. The number of rotatable bonds is 20. The maximum Gasteiger partial charge on any atom is 0.355 e. The number of carbonyl (C=O) groups excluding carboxylic acids is 2. The van der Waals surface area contributed by atoms with Crippen molar-refractivity contribution in [2.24, 2.45) is 0 Å². The van der Waals surface area contributed by atoms with Crippen LogP contribution >= 0.6 is 0 Å². The van der Waals surface area contributed by atoms with Crippen LogP contribution in [0.4, 0.5) is 0 Å². The van der Waals surface area contributed by atoms with Gasteiger partial charge in [0.15, 0.2) is 0 Å². The first kappa shape index (κ1) is 31.1. The number of unbranched alkanes of at least 4 members (excludes halogenated alkanes) is 16. The third kappa shape index (κ3) is 25.9. The third-order valence-corrected chi connectivity index (χ3v) is 5.20. The van der Waals surface area contributed by atoms with Gasteiger partial charge in [-0.3, -0.25) is 0 Å². The Morgan fingerprint density at radius 3 is 0.966 bits per heavy atom. The van der Waals surface area contributed by atoms with Crippen LogP contribution in [0, 0.1) is 0 Å². The molecule has 0 saturated heterocycles. The molecule has 1 radical (unpaired) electrons. The summed E-state index contributed by atoms with van der Waals surface area (Å²) in [6.07, 6.45) is 22.3. The maximum absolute atomic E-state index is 11.6. The average Bonchev–Trinajstić information content (AvgIpc) is 2.69. The molecule has 0 saturated carbocycles. The van der Waals surface area contributed by atoms with Gasteiger partial charge in [0.25, 0.3) is 0 Å². The Kier molecular flexibility index (Phi) is 27.9. The van der Waals surface area contributed by atoms with Gasteiger partial charge in [0.2, 0.25) is 0 Å². The van der Waals surface area contributed by atoms with Crippen LogP contribution < -0.4 is 0 Å². The molecule has 0 heterocycles. The molecule has 0 aromatic rings. The molecule has 0 spiro atoms. The number of carbonyl (C=O) groups is 2. The Bertz CT molecular complexity index is 327. The first-order valence-corrected chi connectivity index (χ1v) is 12.1. The molecule has 0 aliphatic heterocycles. The van der Waals surface area contributed by atoms with Crippen molar-refractivity contribution in [3.63, 3.8) is 0 Å². The van der Waals surface area contributed by atoms with Crippen molar-refractivity contribution in [2.45, 2.75) is 142 Å². The summed E-state index contributed by atoms with van der Waals surface area (Å²) in [4.78, 5) is 32.4. The van der Waals surface area contributed by atoms with Crippen molar-refractivity contribution in [3.8, 4) is 0 Å². The van der Waals surface area contributed by atoms with E-state index in [2.05, 4.69) is 23.6 Å². The van der Waals surface area contributed by atoms with E-state index < -0.39 is 11.9 Å². The molecule has 0 aromatic carbocycles. The van der Waals surface area contributed by atoms with Crippen LogP contribution in [-0.2, 0) is 19.4 Å². The van der Waals surface area contributed by atoms with E-state index in [0.717, 1.165) is 38.5 Å². The fourth-order valence-electron chi connectivity index (χ4n) is 3.34. The normalized spacial score (nSPS) is 10.4. The van der Waals surface area contributed by atoms with E-state index in [9.17, 15) is 9.59 Å². The van der Waals surface area contributed by atoms with Crippen LogP contribution in [0.15, 0.2) is 0 Å². The van der Waals surface area contributed by atoms with Gasteiger partial charge in [-0.2, -0.15) is 0 Å². The molecule has 4 nitrogen and oxygen atoms in total. The van der Waals surface area contributed by atoms with Gasteiger partial charge in [-0.25, -0.2) is 19.4 Å². The standard InChI is InChI=1S/C24H46O4.Na/c1-3-5-7-9-11-13-15-17-19-21-23(25)27-28-24(26)22-20-18-16-14-12-10-8-6-4-2;/h3-22H2,1-2H3;. The van der Waals surface area contributed by atoms with Crippen LogP contribution in [0.2, 0.25) is 0 Å². The molecular weight excluding hydrogens is 375 g/mol. The summed E-state index contributed by atoms with van der Waals surface area (Å²) in [5.41, 5.74) is 0. The Hall–Kier alpha value is -0.0600. The molecule has 0 fully saturated rings. The fourth-order valence-corrected chi connectivity index (χ4v) is 3.34. The smallest absolute Gasteiger partial charge is 0.247 e. The van der Waals surface area contributed by atoms with Gasteiger partial charge in [-0.1, -0.05) is 117 Å². The molecule has 167 valence electrons. The zero-order valence-corrected chi connectivity index (χ0v) is 21.8. The second-order valence-corrected chi connectivity index (χ2v) is 8.07. The molecule has 5 heteroatoms. The van der Waals surface area contributed by atoms with E-state index in [-0.39, 0.29) is 29.6 Å². The molecule has 0 bridgehead atoms. The quantitative estimate of drug-likeness (QED) is 0.0886. The van der Waals surface area contributed by atoms with Crippen molar-refractivity contribution < 1.29 is 19.4 Å². The zero-order valence-electron chi connectivity index (χ0n) is 19.8. The second-order valence-electron chi connectivity index (χ2n) is 8.07. The van der Waals surface area contributed by atoms with Crippen molar-refractivity contribution in [1.29, 1.82) is 0 Å². The Morgan fingerprint density at radius 1 is 0.448 bits per heavy atom. The Balaban J connectivity index is 0. The Labute approximate surface area is 202 Å². The minimum atomic E-state index is -0.427. The zero-order chi connectivity index (χ0) is 20.7. The minimum absolute atomic E-state index is 0. The Morgan fingerprint density at radius 2 is 0.690 bits per heavy atom. The van der Waals surface area contributed by atoms with E-state index in [4.69, 9.17) is 0 Å². The summed E-state index contributed by atoms with van der Waals surface area (Å²) < 4.78 is 0. The van der Waals surface area contributed by atoms with Gasteiger partial charge in [0.1, 0.15) is 0 Å². The molecule has 29 heavy (non-hydrogen) atoms. The second kappa shape index (κ2) is 26.0. The predicted octanol–water partition coefficient (Wildman–Crippen LogP) is 7.45. The topological polar surface area (TPSA) is 52.6 Å². The summed E-state index contributed by atoms with van der Waals surface area (Å²) in [5.74, 6) is -0.855. The van der Waals surface area contributed by atoms with Crippen molar-refractivity contribution in [3.05, 3.63) is 0 Å². The molecule has 0 aliphatic rings. The van der Waals surface area contributed by atoms with Crippen LogP contribution in [-0.4, -0.2) is 41.5 Å². The van der Waals surface area contributed by atoms with Crippen LogP contribution in [0.25, 0.3) is 0 Å². The number of hydrogen-bond donors (Lipinski definition) is 0. The van der Waals surface area contributed by atoms with Gasteiger partial charge in [0.05, 0.1) is 12.8 Å². The van der Waals surface area contributed by atoms with Crippen molar-refractivity contribution in [1.82, 2.24) is 0 Å². The molecule has 0 aliphatic carbocycles. The number of hydrogen-bond acceptors (Lipinski definition) is 4. The average molecular weight is 422 g/mol. The maximum atomic E-state index is 11.6. The monoisotopic (exact) mass is 421 g/mol. The molecule has 0 unspecified atom stereocenters. The first-order valence-electron chi connectivity index (χ1n) is 12.1. The predicted molar refractivity (Wildman–Crippen MR) is 122 cm³/mol. The van der Waals surface area contributed by atoms with Gasteiger partial charge < -0.3 is 0 Å². The summed E-state index contributed by atoms with van der Waals surface area (Å²) in [7, 11) is 0.